The third-order valence-corrected chi connectivity index (χ3v) is 9.36. The molecule has 1 aromatic rings. The number of piperazine rings is 1. The number of nitrogens with zero attached hydrogens (tertiary/aromatic N) is 4. The van der Waals surface area contributed by atoms with Crippen LogP contribution in [0.15, 0.2) is 23.2 Å². The van der Waals surface area contributed by atoms with Crippen LogP contribution in [0.25, 0.3) is 0 Å². The molecule has 154 valence electrons. The first kappa shape index (κ1) is 18.8. The van der Waals surface area contributed by atoms with Crippen LogP contribution in [0.1, 0.15) is 44.9 Å². The molecule has 2 saturated heterocycles. The van der Waals surface area contributed by atoms with E-state index in [4.69, 9.17) is 0 Å². The van der Waals surface area contributed by atoms with Crippen LogP contribution >= 0.6 is 0 Å². The summed E-state index contributed by atoms with van der Waals surface area (Å²) in [6.45, 7) is 5.44. The summed E-state index contributed by atoms with van der Waals surface area (Å²) in [7, 11) is -3.39. The Hall–Kier alpha value is -1.18. The Morgan fingerprint density at radius 2 is 1.68 bits per heavy atom. The van der Waals surface area contributed by atoms with E-state index in [1.807, 2.05) is 6.07 Å². The van der Waals surface area contributed by atoms with Gasteiger partial charge in [-0.3, -0.25) is 4.90 Å². The third kappa shape index (κ3) is 3.46. The van der Waals surface area contributed by atoms with Crippen molar-refractivity contribution in [2.24, 2.45) is 11.8 Å². The Bertz CT molecular complexity index is 783. The van der Waals surface area contributed by atoms with Crippen LogP contribution in [0.4, 0.5) is 5.82 Å². The van der Waals surface area contributed by atoms with Crippen molar-refractivity contribution in [3.63, 3.8) is 0 Å². The molecule has 0 aromatic carbocycles. The summed E-state index contributed by atoms with van der Waals surface area (Å²) in [6, 6.07) is 4.45. The van der Waals surface area contributed by atoms with Crippen LogP contribution in [0.5, 0.6) is 0 Å². The molecule has 2 saturated carbocycles. The van der Waals surface area contributed by atoms with E-state index in [0.29, 0.717) is 18.0 Å². The van der Waals surface area contributed by atoms with Gasteiger partial charge in [-0.05, 0) is 56.1 Å². The molecule has 28 heavy (non-hydrogen) atoms. The van der Waals surface area contributed by atoms with Gasteiger partial charge in [0.05, 0.1) is 0 Å². The molecule has 0 N–H and O–H groups in total. The van der Waals surface area contributed by atoms with Crippen molar-refractivity contribution in [2.45, 2.75) is 55.9 Å². The maximum atomic E-state index is 12.8. The fourth-order valence-electron chi connectivity index (χ4n) is 5.91. The molecule has 5 rings (SSSR count). The predicted octanol–water partition coefficient (Wildman–Crippen LogP) is 2.57. The predicted molar refractivity (Wildman–Crippen MR) is 110 cm³/mol. The van der Waals surface area contributed by atoms with E-state index in [2.05, 4.69) is 14.8 Å². The summed E-state index contributed by atoms with van der Waals surface area (Å²) >= 11 is 0. The summed E-state index contributed by atoms with van der Waals surface area (Å²) in [4.78, 5) is 9.87. The monoisotopic (exact) mass is 404 g/mol. The Morgan fingerprint density at radius 1 is 0.893 bits per heavy atom. The number of anilines is 1. The van der Waals surface area contributed by atoms with Crippen molar-refractivity contribution < 1.29 is 8.42 Å². The molecule has 6 nitrogen and oxygen atoms in total. The Labute approximate surface area is 169 Å². The quantitative estimate of drug-likeness (QED) is 0.772. The summed E-state index contributed by atoms with van der Waals surface area (Å²) in [5.74, 6) is 2.84. The lowest BCUT2D eigenvalue weighted by atomic mass is 9.93. The van der Waals surface area contributed by atoms with E-state index >= 15 is 0 Å². The van der Waals surface area contributed by atoms with Gasteiger partial charge in [0.25, 0.3) is 0 Å². The number of hydrogen-bond donors (Lipinski definition) is 0. The smallest absolute Gasteiger partial charge is 0.244 e. The molecule has 4 aliphatic rings. The molecule has 0 radical (unpaired) electrons. The Kier molecular flexibility index (Phi) is 5.09. The van der Waals surface area contributed by atoms with E-state index < -0.39 is 10.0 Å². The lowest BCUT2D eigenvalue weighted by Crippen LogP contribution is -2.52. The van der Waals surface area contributed by atoms with Crippen molar-refractivity contribution >= 4 is 15.8 Å². The van der Waals surface area contributed by atoms with Crippen LogP contribution in [0.2, 0.25) is 0 Å². The van der Waals surface area contributed by atoms with Crippen LogP contribution in [0, 0.1) is 11.8 Å². The average molecular weight is 405 g/mol. The minimum Gasteiger partial charge on any atom is -0.354 e. The number of hydrogen-bond acceptors (Lipinski definition) is 5. The molecule has 0 spiro atoms. The zero-order valence-electron chi connectivity index (χ0n) is 16.7. The minimum absolute atomic E-state index is 0.332. The molecule has 7 heteroatoms. The molecule has 4 fully saturated rings. The average Bonchev–Trinajstić information content (AvgIpc) is 3.38. The second-order valence-electron chi connectivity index (χ2n) is 9.08. The highest BCUT2D eigenvalue weighted by Crippen LogP contribution is 2.46. The van der Waals surface area contributed by atoms with Gasteiger partial charge in [0, 0.05) is 51.5 Å². The van der Waals surface area contributed by atoms with Crippen molar-refractivity contribution in [1.82, 2.24) is 14.2 Å². The largest absolute Gasteiger partial charge is 0.354 e. The maximum Gasteiger partial charge on any atom is 0.244 e. The van der Waals surface area contributed by atoms with E-state index in [1.165, 1.54) is 25.7 Å². The van der Waals surface area contributed by atoms with Crippen LogP contribution in [0.3, 0.4) is 0 Å². The molecular weight excluding hydrogens is 372 g/mol. The standard InChI is InChI=1S/C21H32N4O2S/c26-28(27,25-8-2-1-3-9-25)19-6-7-21(22-16-19)24-12-10-23(11-13-24)20-15-17-4-5-18(20)14-17/h6-7,16-18,20H,1-5,8-15H2. The van der Waals surface area contributed by atoms with Gasteiger partial charge in [0.2, 0.25) is 10.0 Å². The van der Waals surface area contributed by atoms with Gasteiger partial charge in [0.15, 0.2) is 0 Å². The zero-order chi connectivity index (χ0) is 19.1. The van der Waals surface area contributed by atoms with E-state index in [1.54, 1.807) is 16.6 Å². The van der Waals surface area contributed by atoms with E-state index in [-0.39, 0.29) is 0 Å². The zero-order valence-corrected chi connectivity index (χ0v) is 17.5. The first-order chi connectivity index (χ1) is 13.6. The molecule has 3 atom stereocenters. The summed E-state index contributed by atoms with van der Waals surface area (Å²) in [5.41, 5.74) is 0. The van der Waals surface area contributed by atoms with Crippen LogP contribution in [-0.2, 0) is 10.0 Å². The summed E-state index contributed by atoms with van der Waals surface area (Å²) in [6.07, 6.45) is 10.3. The highest BCUT2D eigenvalue weighted by molar-refractivity contribution is 7.89. The molecule has 3 unspecified atom stereocenters. The Balaban J connectivity index is 1.21. The van der Waals surface area contributed by atoms with Crippen molar-refractivity contribution in [2.75, 3.05) is 44.2 Å². The van der Waals surface area contributed by atoms with E-state index in [0.717, 1.165) is 69.1 Å². The molecule has 2 aliphatic heterocycles. The molecule has 3 heterocycles. The van der Waals surface area contributed by atoms with Gasteiger partial charge in [-0.2, -0.15) is 4.31 Å². The lowest BCUT2D eigenvalue weighted by molar-refractivity contribution is 0.134. The van der Waals surface area contributed by atoms with Crippen molar-refractivity contribution in [3.05, 3.63) is 18.3 Å². The number of aromatic nitrogens is 1. The first-order valence-electron chi connectivity index (χ1n) is 11.1. The molecule has 2 aliphatic carbocycles. The van der Waals surface area contributed by atoms with Gasteiger partial charge in [-0.25, -0.2) is 13.4 Å². The van der Waals surface area contributed by atoms with Gasteiger partial charge >= 0.3 is 0 Å². The fraction of sp³-hybridized carbons (Fsp3) is 0.762. The maximum absolute atomic E-state index is 12.8. The number of fused-ring (bicyclic) bond motifs is 2. The normalized spacial score (nSPS) is 32.1. The first-order valence-corrected chi connectivity index (χ1v) is 12.5. The minimum atomic E-state index is -3.39. The molecule has 2 bridgehead atoms. The SMILES string of the molecule is O=S(=O)(c1ccc(N2CCN(C3CC4CCC3C4)CC2)nc1)N1CCCCC1. The van der Waals surface area contributed by atoms with E-state index in [9.17, 15) is 8.42 Å². The van der Waals surface area contributed by atoms with Crippen LogP contribution < -0.4 is 4.90 Å². The lowest BCUT2D eigenvalue weighted by Gasteiger charge is -2.41. The molecular formula is C21H32N4O2S. The number of sulfonamides is 1. The highest BCUT2D eigenvalue weighted by atomic mass is 32.2. The summed E-state index contributed by atoms with van der Waals surface area (Å²) in [5, 5.41) is 0. The van der Waals surface area contributed by atoms with Gasteiger partial charge in [-0.15, -0.1) is 0 Å². The van der Waals surface area contributed by atoms with Gasteiger partial charge in [0.1, 0.15) is 10.7 Å². The number of piperidine rings is 1. The second kappa shape index (κ2) is 7.58. The summed E-state index contributed by atoms with van der Waals surface area (Å²) < 4.78 is 27.2. The Morgan fingerprint density at radius 3 is 2.29 bits per heavy atom. The topological polar surface area (TPSA) is 56.8 Å². The third-order valence-electron chi connectivity index (χ3n) is 7.48. The second-order valence-corrected chi connectivity index (χ2v) is 11.0. The molecule has 0 amide bonds. The van der Waals surface area contributed by atoms with Gasteiger partial charge in [-0.1, -0.05) is 12.8 Å². The van der Waals surface area contributed by atoms with Crippen molar-refractivity contribution in [3.8, 4) is 0 Å². The van der Waals surface area contributed by atoms with Gasteiger partial charge < -0.3 is 4.90 Å². The highest BCUT2D eigenvalue weighted by Gasteiger charge is 2.42. The van der Waals surface area contributed by atoms with Crippen LogP contribution in [-0.4, -0.2) is 67.9 Å². The molecule has 1 aromatic heterocycles. The fourth-order valence-corrected chi connectivity index (χ4v) is 7.37. The number of rotatable bonds is 4. The number of pyridine rings is 1. The van der Waals surface area contributed by atoms with Crippen molar-refractivity contribution in [1.29, 1.82) is 0 Å².